The van der Waals surface area contributed by atoms with Crippen LogP contribution in [0.15, 0.2) is 138 Å². The Labute approximate surface area is 286 Å². The van der Waals surface area contributed by atoms with E-state index in [1.807, 2.05) is 43.3 Å². The second-order valence-electron chi connectivity index (χ2n) is 10.5. The summed E-state index contributed by atoms with van der Waals surface area (Å²) in [6.07, 6.45) is 1.26. The van der Waals surface area contributed by atoms with E-state index >= 15 is 0 Å². The number of halogens is 1. The number of carbonyl (C=O) groups excluding carboxylic acids is 3. The highest BCUT2D eigenvalue weighted by Crippen LogP contribution is 2.38. The molecule has 5 rings (SSSR count). The molecule has 0 aliphatic rings. The van der Waals surface area contributed by atoms with Crippen molar-refractivity contribution < 1.29 is 19.3 Å². The first-order chi connectivity index (χ1) is 23.2. The van der Waals surface area contributed by atoms with Gasteiger partial charge in [0.1, 0.15) is 10.9 Å². The van der Waals surface area contributed by atoms with Gasteiger partial charge in [-0.2, -0.15) is 0 Å². The number of rotatable bonds is 11. The molecule has 5 aromatic rings. The number of carbonyl (C=O) groups is 3. The molecule has 0 saturated carbocycles. The molecule has 0 aliphatic heterocycles. The maximum atomic E-state index is 13.7. The van der Waals surface area contributed by atoms with E-state index in [9.17, 15) is 24.5 Å². The summed E-state index contributed by atoms with van der Waals surface area (Å²) in [5.74, 6) is -1.52. The zero-order valence-electron chi connectivity index (χ0n) is 25.6. The van der Waals surface area contributed by atoms with E-state index in [-0.39, 0.29) is 22.9 Å². The Kier molecular flexibility index (Phi) is 11.0. The summed E-state index contributed by atoms with van der Waals surface area (Å²) in [5.41, 5.74) is 2.51. The SMILES string of the molecule is Cc1c(Cl)cccc1NC(=O)C(Sc1cccc(NC(=O)/C(=C\c2ccccc2[N+](=O)[O-])NC(=O)c2ccccc2)c1)c1ccccc1. The molecule has 5 aromatic carbocycles. The lowest BCUT2D eigenvalue weighted by Gasteiger charge is -2.19. The first kappa shape index (κ1) is 33.6. The number of benzene rings is 5. The summed E-state index contributed by atoms with van der Waals surface area (Å²) in [6, 6.07) is 35.7. The fourth-order valence-electron chi connectivity index (χ4n) is 4.70. The van der Waals surface area contributed by atoms with E-state index in [4.69, 9.17) is 11.6 Å². The van der Waals surface area contributed by atoms with Crippen molar-refractivity contribution in [2.45, 2.75) is 17.1 Å². The second-order valence-corrected chi connectivity index (χ2v) is 12.1. The number of nitrogens with one attached hydrogen (secondary N) is 3. The highest BCUT2D eigenvalue weighted by molar-refractivity contribution is 8.00. The van der Waals surface area contributed by atoms with Crippen molar-refractivity contribution in [3.05, 3.63) is 170 Å². The Morgan fingerprint density at radius 3 is 2.21 bits per heavy atom. The zero-order chi connectivity index (χ0) is 34.0. The molecular weight excluding hydrogens is 648 g/mol. The van der Waals surface area contributed by atoms with E-state index in [0.717, 1.165) is 11.1 Å². The van der Waals surface area contributed by atoms with E-state index < -0.39 is 22.0 Å². The highest BCUT2D eigenvalue weighted by atomic mass is 35.5. The third kappa shape index (κ3) is 8.55. The Balaban J connectivity index is 1.41. The minimum absolute atomic E-state index is 0.136. The molecule has 0 bridgehead atoms. The summed E-state index contributed by atoms with van der Waals surface area (Å²) < 4.78 is 0. The van der Waals surface area contributed by atoms with Crippen LogP contribution in [-0.2, 0) is 9.59 Å². The fourth-order valence-corrected chi connectivity index (χ4v) is 5.96. The second kappa shape index (κ2) is 15.7. The van der Waals surface area contributed by atoms with Gasteiger partial charge in [-0.15, -0.1) is 11.8 Å². The third-order valence-corrected chi connectivity index (χ3v) is 8.83. The standard InChI is InChI=1S/C37H29ClN4O5S/c1-24-30(38)19-11-20-31(24)40-37(45)34(25-12-4-2-5-13-25)48-29-18-10-17-28(23-29)39-36(44)32(41-35(43)26-14-6-3-7-15-26)22-27-16-8-9-21-33(27)42(46)47/h2-23,34H,1H3,(H,39,44)(H,40,45)(H,41,43)/b32-22+. The summed E-state index contributed by atoms with van der Waals surface area (Å²) in [7, 11) is 0. The summed E-state index contributed by atoms with van der Waals surface area (Å²) in [5, 5.41) is 19.9. The first-order valence-corrected chi connectivity index (χ1v) is 16.0. The average molecular weight is 677 g/mol. The van der Waals surface area contributed by atoms with Gasteiger partial charge in [0.05, 0.1) is 10.5 Å². The van der Waals surface area contributed by atoms with Gasteiger partial charge in [0.2, 0.25) is 5.91 Å². The Hall–Kier alpha value is -5.71. The maximum Gasteiger partial charge on any atom is 0.276 e. The molecule has 0 fully saturated rings. The normalized spacial score (nSPS) is 11.7. The van der Waals surface area contributed by atoms with E-state index in [1.165, 1.54) is 36.0 Å². The molecule has 0 aromatic heterocycles. The molecule has 1 atom stereocenters. The van der Waals surface area contributed by atoms with Crippen molar-refractivity contribution in [1.29, 1.82) is 0 Å². The molecule has 0 aliphatic carbocycles. The number of hydrogen-bond acceptors (Lipinski definition) is 6. The van der Waals surface area contributed by atoms with Crippen molar-refractivity contribution in [1.82, 2.24) is 5.32 Å². The highest BCUT2D eigenvalue weighted by Gasteiger charge is 2.24. The van der Waals surface area contributed by atoms with Gasteiger partial charge in [-0.05, 0) is 72.7 Å². The minimum atomic E-state index is -0.701. The summed E-state index contributed by atoms with van der Waals surface area (Å²) in [4.78, 5) is 52.1. The van der Waals surface area contributed by atoms with Crippen molar-refractivity contribution in [3.63, 3.8) is 0 Å². The Morgan fingerprint density at radius 1 is 0.812 bits per heavy atom. The molecule has 3 N–H and O–H groups in total. The molecule has 0 heterocycles. The molecule has 0 spiro atoms. The van der Waals surface area contributed by atoms with Crippen LogP contribution in [0, 0.1) is 17.0 Å². The number of amides is 3. The average Bonchev–Trinajstić information content (AvgIpc) is 3.10. The van der Waals surface area contributed by atoms with Gasteiger partial charge in [-0.3, -0.25) is 24.5 Å². The monoisotopic (exact) mass is 676 g/mol. The molecule has 0 radical (unpaired) electrons. The van der Waals surface area contributed by atoms with Crippen LogP contribution in [0.4, 0.5) is 17.1 Å². The lowest BCUT2D eigenvalue weighted by molar-refractivity contribution is -0.385. The number of nitro groups is 1. The molecule has 0 saturated heterocycles. The van der Waals surface area contributed by atoms with Gasteiger partial charge in [0, 0.05) is 32.9 Å². The summed E-state index contributed by atoms with van der Waals surface area (Å²) in [6.45, 7) is 1.83. The van der Waals surface area contributed by atoms with E-state index in [2.05, 4.69) is 16.0 Å². The van der Waals surface area contributed by atoms with Gasteiger partial charge in [-0.25, -0.2) is 0 Å². The van der Waals surface area contributed by atoms with Crippen LogP contribution < -0.4 is 16.0 Å². The van der Waals surface area contributed by atoms with Crippen molar-refractivity contribution in [2.75, 3.05) is 10.6 Å². The Morgan fingerprint density at radius 2 is 1.48 bits per heavy atom. The fraction of sp³-hybridized carbons (Fsp3) is 0.0541. The lowest BCUT2D eigenvalue weighted by Crippen LogP contribution is -2.30. The quantitative estimate of drug-likeness (QED) is 0.0557. The number of thioether (sulfide) groups is 1. The number of para-hydroxylation sites is 1. The van der Waals surface area contributed by atoms with Gasteiger partial charge >= 0.3 is 0 Å². The lowest BCUT2D eigenvalue weighted by atomic mass is 10.1. The van der Waals surface area contributed by atoms with Gasteiger partial charge < -0.3 is 16.0 Å². The minimum Gasteiger partial charge on any atom is -0.325 e. The predicted molar refractivity (Wildman–Crippen MR) is 190 cm³/mol. The molecule has 11 heteroatoms. The number of nitro benzene ring substituents is 1. The van der Waals surface area contributed by atoms with Gasteiger partial charge in [0.25, 0.3) is 17.5 Å². The smallest absolute Gasteiger partial charge is 0.276 e. The van der Waals surface area contributed by atoms with Crippen molar-refractivity contribution >= 4 is 64.2 Å². The van der Waals surface area contributed by atoms with Crippen molar-refractivity contribution in [2.24, 2.45) is 0 Å². The summed E-state index contributed by atoms with van der Waals surface area (Å²) >= 11 is 7.57. The molecule has 240 valence electrons. The number of hydrogen-bond donors (Lipinski definition) is 3. The maximum absolute atomic E-state index is 13.7. The van der Waals surface area contributed by atoms with E-state index in [0.29, 0.717) is 26.9 Å². The van der Waals surface area contributed by atoms with Crippen LogP contribution >= 0.6 is 23.4 Å². The van der Waals surface area contributed by atoms with E-state index in [1.54, 1.807) is 72.8 Å². The third-order valence-electron chi connectivity index (χ3n) is 7.17. The topological polar surface area (TPSA) is 130 Å². The molecular formula is C37H29ClN4O5S. The number of nitrogens with zero attached hydrogens (tertiary/aromatic N) is 1. The van der Waals surface area contributed by atoms with Crippen LogP contribution in [-0.4, -0.2) is 22.6 Å². The van der Waals surface area contributed by atoms with Crippen LogP contribution in [0.3, 0.4) is 0 Å². The van der Waals surface area contributed by atoms with Gasteiger partial charge in [-0.1, -0.05) is 84.4 Å². The van der Waals surface area contributed by atoms with Crippen molar-refractivity contribution in [3.8, 4) is 0 Å². The molecule has 1 unspecified atom stereocenters. The number of anilines is 2. The van der Waals surface area contributed by atoms with Crippen LogP contribution in [0.5, 0.6) is 0 Å². The first-order valence-electron chi connectivity index (χ1n) is 14.7. The molecule has 9 nitrogen and oxygen atoms in total. The Bertz CT molecular complexity index is 2000. The van der Waals surface area contributed by atoms with Crippen LogP contribution in [0.2, 0.25) is 5.02 Å². The predicted octanol–water partition coefficient (Wildman–Crippen LogP) is 8.44. The molecule has 48 heavy (non-hydrogen) atoms. The largest absolute Gasteiger partial charge is 0.325 e. The van der Waals surface area contributed by atoms with Gasteiger partial charge in [0.15, 0.2) is 0 Å². The van der Waals surface area contributed by atoms with Crippen LogP contribution in [0.1, 0.15) is 32.3 Å². The zero-order valence-corrected chi connectivity index (χ0v) is 27.1. The molecule has 3 amide bonds. The van der Waals surface area contributed by atoms with Crippen LogP contribution in [0.25, 0.3) is 6.08 Å².